The van der Waals surface area contributed by atoms with E-state index in [9.17, 15) is 4.79 Å². The summed E-state index contributed by atoms with van der Waals surface area (Å²) in [7, 11) is 0. The molecule has 2 aliphatic rings. The highest BCUT2D eigenvalue weighted by molar-refractivity contribution is 6.06. The highest BCUT2D eigenvalue weighted by atomic mass is 16.5. The van der Waals surface area contributed by atoms with Crippen LogP contribution in [0, 0.1) is 5.41 Å². The highest BCUT2D eigenvalue weighted by Crippen LogP contribution is 2.36. The largest absolute Gasteiger partial charge is 0.381 e. The normalized spacial score (nSPS) is 18.3. The monoisotopic (exact) mass is 359 g/mol. The summed E-state index contributed by atoms with van der Waals surface area (Å²) in [4.78, 5) is 17.8. The number of rotatable bonds is 3. The molecule has 1 aliphatic heterocycles. The standard InChI is InChI=1S/C22H21N3O2/c1-22(7-11-27-12-8-22)21(26)18-14-24-25-10-6-15(13-20(18)25)16-4-5-19-17(16)3-2-9-23-19/h2-4,6,9-10,13-14H,5,7-8,11-12H2,1H3. The van der Waals surface area contributed by atoms with Gasteiger partial charge in [-0.1, -0.05) is 19.1 Å². The molecule has 0 bridgehead atoms. The molecule has 1 fully saturated rings. The first kappa shape index (κ1) is 16.4. The van der Waals surface area contributed by atoms with Crippen molar-refractivity contribution in [1.29, 1.82) is 0 Å². The summed E-state index contributed by atoms with van der Waals surface area (Å²) < 4.78 is 7.24. The van der Waals surface area contributed by atoms with Crippen molar-refractivity contribution in [3.05, 3.63) is 71.3 Å². The number of ketones is 1. The quantitative estimate of drug-likeness (QED) is 0.669. The second kappa shape index (κ2) is 6.13. The van der Waals surface area contributed by atoms with Gasteiger partial charge in [-0.25, -0.2) is 4.52 Å². The number of nitrogens with zero attached hydrogens (tertiary/aromatic N) is 3. The summed E-state index contributed by atoms with van der Waals surface area (Å²) in [5.41, 5.74) is 5.74. The van der Waals surface area contributed by atoms with Crippen LogP contribution in [0.25, 0.3) is 11.1 Å². The Morgan fingerprint density at radius 2 is 2.11 bits per heavy atom. The third-order valence-electron chi connectivity index (χ3n) is 5.90. The lowest BCUT2D eigenvalue weighted by atomic mass is 9.76. The lowest BCUT2D eigenvalue weighted by Gasteiger charge is -2.31. The van der Waals surface area contributed by atoms with E-state index < -0.39 is 0 Å². The van der Waals surface area contributed by atoms with E-state index in [1.807, 2.05) is 25.4 Å². The maximum absolute atomic E-state index is 13.3. The van der Waals surface area contributed by atoms with E-state index in [1.165, 1.54) is 11.1 Å². The van der Waals surface area contributed by atoms with Crippen LogP contribution in [0.15, 0.2) is 48.9 Å². The third kappa shape index (κ3) is 2.61. The minimum Gasteiger partial charge on any atom is -0.381 e. The minimum absolute atomic E-state index is 0.167. The van der Waals surface area contributed by atoms with Gasteiger partial charge in [-0.05, 0) is 42.2 Å². The van der Waals surface area contributed by atoms with Crippen LogP contribution in [-0.4, -0.2) is 33.6 Å². The van der Waals surface area contributed by atoms with E-state index in [-0.39, 0.29) is 11.2 Å². The van der Waals surface area contributed by atoms with Crippen molar-refractivity contribution in [3.8, 4) is 0 Å². The molecule has 136 valence electrons. The zero-order valence-electron chi connectivity index (χ0n) is 15.3. The van der Waals surface area contributed by atoms with Crippen LogP contribution in [0.3, 0.4) is 0 Å². The number of fused-ring (bicyclic) bond motifs is 2. The number of pyridine rings is 2. The number of hydrogen-bond acceptors (Lipinski definition) is 4. The average Bonchev–Trinajstić information content (AvgIpc) is 3.31. The Hall–Kier alpha value is -2.79. The fraction of sp³-hybridized carbons (Fsp3) is 0.318. The van der Waals surface area contributed by atoms with Crippen molar-refractivity contribution >= 4 is 16.9 Å². The minimum atomic E-state index is -0.374. The van der Waals surface area contributed by atoms with Gasteiger partial charge in [0, 0.05) is 43.0 Å². The second-order valence-electron chi connectivity index (χ2n) is 7.63. The molecule has 5 nitrogen and oxygen atoms in total. The van der Waals surface area contributed by atoms with E-state index in [0.29, 0.717) is 18.8 Å². The van der Waals surface area contributed by atoms with Crippen molar-refractivity contribution in [2.75, 3.05) is 13.2 Å². The predicted molar refractivity (Wildman–Crippen MR) is 103 cm³/mol. The Balaban J connectivity index is 1.57. The van der Waals surface area contributed by atoms with Crippen molar-refractivity contribution in [3.63, 3.8) is 0 Å². The number of hydrogen-bond donors (Lipinski definition) is 0. The van der Waals surface area contributed by atoms with E-state index >= 15 is 0 Å². The SMILES string of the molecule is CC1(C(=O)c2cnn3ccc(C4=CCc5ncccc54)cc23)CCOCC1. The Morgan fingerprint density at radius 1 is 1.26 bits per heavy atom. The first-order valence-corrected chi connectivity index (χ1v) is 9.40. The summed E-state index contributed by atoms with van der Waals surface area (Å²) in [6.07, 6.45) is 10.0. The lowest BCUT2D eigenvalue weighted by Crippen LogP contribution is -2.34. The lowest BCUT2D eigenvalue weighted by molar-refractivity contribution is 0.0236. The first-order valence-electron chi connectivity index (χ1n) is 9.40. The molecule has 0 amide bonds. The van der Waals surface area contributed by atoms with Gasteiger partial charge in [0.05, 0.1) is 23.0 Å². The maximum Gasteiger partial charge on any atom is 0.172 e. The number of aromatic nitrogens is 3. The molecule has 0 saturated carbocycles. The summed E-state index contributed by atoms with van der Waals surface area (Å²) in [5.74, 6) is 0.167. The predicted octanol–water partition coefficient (Wildman–Crippen LogP) is 3.72. The molecular formula is C22H21N3O2. The van der Waals surface area contributed by atoms with Crippen LogP contribution in [0.1, 0.15) is 46.9 Å². The van der Waals surface area contributed by atoms with Crippen molar-refractivity contribution < 1.29 is 9.53 Å². The molecule has 0 unspecified atom stereocenters. The molecule has 0 atom stereocenters. The molecule has 3 aromatic rings. The summed E-state index contributed by atoms with van der Waals surface area (Å²) >= 11 is 0. The summed E-state index contributed by atoms with van der Waals surface area (Å²) in [5, 5.41) is 4.41. The Kier molecular flexibility index (Phi) is 3.72. The number of carbonyl (C=O) groups is 1. The molecule has 5 rings (SSSR count). The van der Waals surface area contributed by atoms with E-state index in [0.717, 1.165) is 36.0 Å². The molecule has 0 spiro atoms. The van der Waals surface area contributed by atoms with Crippen LogP contribution < -0.4 is 0 Å². The molecular weight excluding hydrogens is 338 g/mol. The zero-order chi connectivity index (χ0) is 18.4. The Labute approximate surface area is 157 Å². The van der Waals surface area contributed by atoms with Gasteiger partial charge < -0.3 is 4.74 Å². The first-order chi connectivity index (χ1) is 13.2. The molecule has 4 heterocycles. The Bertz CT molecular complexity index is 1070. The van der Waals surface area contributed by atoms with Gasteiger partial charge in [0.25, 0.3) is 0 Å². The highest BCUT2D eigenvalue weighted by Gasteiger charge is 2.37. The topological polar surface area (TPSA) is 56.5 Å². The fourth-order valence-electron chi connectivity index (χ4n) is 4.13. The van der Waals surface area contributed by atoms with Gasteiger partial charge >= 0.3 is 0 Å². The fourth-order valence-corrected chi connectivity index (χ4v) is 4.13. The van der Waals surface area contributed by atoms with Crippen LogP contribution in [-0.2, 0) is 11.2 Å². The molecule has 27 heavy (non-hydrogen) atoms. The maximum atomic E-state index is 13.3. The van der Waals surface area contributed by atoms with Gasteiger partial charge in [-0.15, -0.1) is 0 Å². The second-order valence-corrected chi connectivity index (χ2v) is 7.63. The van der Waals surface area contributed by atoms with Crippen molar-refractivity contribution in [2.24, 2.45) is 5.41 Å². The van der Waals surface area contributed by atoms with Crippen LogP contribution >= 0.6 is 0 Å². The smallest absolute Gasteiger partial charge is 0.172 e. The molecule has 0 radical (unpaired) electrons. The van der Waals surface area contributed by atoms with Crippen LogP contribution in [0.2, 0.25) is 0 Å². The van der Waals surface area contributed by atoms with Gasteiger partial charge in [-0.3, -0.25) is 9.78 Å². The summed E-state index contributed by atoms with van der Waals surface area (Å²) in [6.45, 7) is 3.33. The number of ether oxygens (including phenoxy) is 1. The molecule has 1 saturated heterocycles. The van der Waals surface area contributed by atoms with Crippen LogP contribution in [0.4, 0.5) is 0 Å². The zero-order valence-corrected chi connectivity index (χ0v) is 15.3. The molecule has 3 aromatic heterocycles. The van der Waals surface area contributed by atoms with Gasteiger partial charge in [0.1, 0.15) is 0 Å². The number of allylic oxidation sites excluding steroid dienone is 1. The van der Waals surface area contributed by atoms with Crippen LogP contribution in [0.5, 0.6) is 0 Å². The van der Waals surface area contributed by atoms with E-state index in [1.54, 1.807) is 10.7 Å². The molecule has 0 N–H and O–H groups in total. The van der Waals surface area contributed by atoms with Gasteiger partial charge in [0.2, 0.25) is 0 Å². The van der Waals surface area contributed by atoms with Crippen molar-refractivity contribution in [2.45, 2.75) is 26.2 Å². The average molecular weight is 359 g/mol. The van der Waals surface area contributed by atoms with Crippen molar-refractivity contribution in [1.82, 2.24) is 14.6 Å². The van der Waals surface area contributed by atoms with E-state index in [4.69, 9.17) is 4.74 Å². The Morgan fingerprint density at radius 3 is 2.96 bits per heavy atom. The number of Topliss-reactive ketones (excluding diaryl/α,β-unsaturated/α-hetero) is 1. The van der Waals surface area contributed by atoms with Gasteiger partial charge in [-0.2, -0.15) is 5.10 Å². The molecule has 0 aromatic carbocycles. The van der Waals surface area contributed by atoms with E-state index in [2.05, 4.69) is 34.4 Å². The van der Waals surface area contributed by atoms with Gasteiger partial charge in [0.15, 0.2) is 5.78 Å². The third-order valence-corrected chi connectivity index (χ3v) is 5.90. The molecule has 5 heteroatoms. The summed E-state index contributed by atoms with van der Waals surface area (Å²) in [6, 6.07) is 8.21. The molecule has 1 aliphatic carbocycles. The number of carbonyl (C=O) groups excluding carboxylic acids is 1.